The molecule has 0 fully saturated rings. The lowest BCUT2D eigenvalue weighted by Crippen LogP contribution is -2.64. The highest BCUT2D eigenvalue weighted by molar-refractivity contribution is 8.01. The van der Waals surface area contributed by atoms with E-state index in [1.165, 1.54) is 74.6 Å². The van der Waals surface area contributed by atoms with Crippen molar-refractivity contribution >= 4 is 138 Å². The van der Waals surface area contributed by atoms with E-state index in [-0.39, 0.29) is 13.4 Å². The van der Waals surface area contributed by atoms with Crippen LogP contribution in [-0.4, -0.2) is 13.4 Å². The molecule has 0 unspecified atom stereocenters. The van der Waals surface area contributed by atoms with E-state index in [0.717, 1.165) is 124 Å². The summed E-state index contributed by atoms with van der Waals surface area (Å²) in [5, 5.41) is 0. The Labute approximate surface area is 686 Å². The minimum absolute atomic E-state index is 0.267. The topological polar surface area (TPSA) is 13.0 Å². The van der Waals surface area contributed by atoms with Crippen LogP contribution in [0.5, 0.6) is 0 Å². The van der Waals surface area contributed by atoms with Crippen molar-refractivity contribution in [1.82, 2.24) is 0 Å². The summed E-state index contributed by atoms with van der Waals surface area (Å²) in [6.07, 6.45) is 0. The van der Waals surface area contributed by atoms with Crippen LogP contribution >= 0.6 is 23.5 Å². The molecule has 116 heavy (non-hydrogen) atoms. The van der Waals surface area contributed by atoms with Gasteiger partial charge < -0.3 is 19.6 Å². The summed E-state index contributed by atoms with van der Waals surface area (Å²) in [7, 11) is 0. The molecule has 4 heterocycles. The molecule has 18 aromatic rings. The van der Waals surface area contributed by atoms with Crippen LogP contribution in [0.2, 0.25) is 0 Å². The van der Waals surface area contributed by atoms with Gasteiger partial charge in [-0.2, -0.15) is 0 Å². The van der Waals surface area contributed by atoms with E-state index < -0.39 is 0 Å². The Morgan fingerprint density at radius 1 is 0.198 bits per heavy atom. The molecule has 0 amide bonds. The quantitative estimate of drug-likeness (QED) is 0.0942. The average Bonchev–Trinajstić information content (AvgIpc) is 0.683. The molecule has 8 heteroatoms. The Morgan fingerprint density at radius 3 is 0.759 bits per heavy atom. The van der Waals surface area contributed by atoms with Gasteiger partial charge in [0.25, 0.3) is 0 Å². The first-order chi connectivity index (χ1) is 57.6. The largest absolute Gasteiger partial charge is 0.310 e. The van der Waals surface area contributed by atoms with E-state index in [0.29, 0.717) is 0 Å². The highest BCUT2D eigenvalue weighted by Crippen LogP contribution is 2.58. The molecule has 22 rings (SSSR count). The smallest absolute Gasteiger partial charge is 0.249 e. The number of benzene rings is 18. The number of rotatable bonds is 15. The number of hydrogen-bond acceptors (Lipinski definition) is 6. The highest BCUT2D eigenvalue weighted by atomic mass is 32.2. The molecule has 4 aliphatic heterocycles. The summed E-state index contributed by atoms with van der Waals surface area (Å²) in [6, 6.07) is 163. The summed E-state index contributed by atoms with van der Waals surface area (Å²) in [5.74, 6) is 0. The minimum Gasteiger partial charge on any atom is -0.310 e. The maximum absolute atomic E-state index is 2.72. The highest BCUT2D eigenvalue weighted by Gasteiger charge is 2.49. The zero-order valence-corrected chi connectivity index (χ0v) is 65.0. The normalized spacial score (nSPS) is 12.5. The van der Waals surface area contributed by atoms with Gasteiger partial charge in [0.2, 0.25) is 13.4 Å². The Bertz CT molecular complexity index is 6170. The Kier molecular flexibility index (Phi) is 17.3. The Morgan fingerprint density at radius 2 is 0.457 bits per heavy atom. The van der Waals surface area contributed by atoms with Crippen molar-refractivity contribution in [2.45, 2.75) is 19.6 Å². The van der Waals surface area contributed by atoms with Crippen molar-refractivity contribution in [3.63, 3.8) is 0 Å². The van der Waals surface area contributed by atoms with Crippen LogP contribution in [0.4, 0.5) is 68.2 Å². The predicted octanol–water partition coefficient (Wildman–Crippen LogP) is 25.8. The molecule has 0 radical (unpaired) electrons. The molecular formula is C108H72B2N4S2. The van der Waals surface area contributed by atoms with Gasteiger partial charge in [-0.3, -0.25) is 0 Å². The standard InChI is InChI=1S/C108H72B2N4S2/c1-11-38-73(39-12-1)85-58-35-59-86(74-40-13-2-14-41-74)101(85)102-107-93(109-91-64-31-33-66-95(91)113(105-87(75-42-15-3-16-43-75)60-36-61-88(105)76-44-17-4-18-45-76)97-68-83(70-99(115-107)103(97)109)111(79-50-23-7-24-51-79)80-52-25-8-26-53-80)72-94-108(102)116-100-71-84(112(81-54-27-9-28-55-81)82-56-29-10-30-57-82)69-98-104(100)110(94)92-65-32-34-67-96(92)114(98)106-89(77-46-19-5-20-47-77)62-37-63-90(106)78-48-21-6-22-49-78/h1-72H. The van der Waals surface area contributed by atoms with E-state index in [9.17, 15) is 0 Å². The first-order valence-electron chi connectivity index (χ1n) is 39.9. The summed E-state index contributed by atoms with van der Waals surface area (Å²) in [5.41, 5.74) is 37.0. The molecule has 18 aromatic carbocycles. The number of para-hydroxylation sites is 8. The number of nitrogens with zero attached hydrogens (tertiary/aromatic N) is 4. The zero-order chi connectivity index (χ0) is 76.6. The molecule has 0 saturated heterocycles. The van der Waals surface area contributed by atoms with Crippen LogP contribution in [0.1, 0.15) is 0 Å². The molecule has 0 aliphatic carbocycles. The lowest BCUT2D eigenvalue weighted by Gasteiger charge is -2.45. The fraction of sp³-hybridized carbons (Fsp3) is 0. The van der Waals surface area contributed by atoms with E-state index in [4.69, 9.17) is 0 Å². The second kappa shape index (κ2) is 29.2. The lowest BCUT2D eigenvalue weighted by molar-refractivity contribution is 1.22. The molecule has 0 atom stereocenters. The van der Waals surface area contributed by atoms with Gasteiger partial charge in [-0.15, -0.1) is 0 Å². The van der Waals surface area contributed by atoms with E-state index in [1.807, 2.05) is 23.5 Å². The van der Waals surface area contributed by atoms with Crippen molar-refractivity contribution < 1.29 is 0 Å². The second-order valence-electron chi connectivity index (χ2n) is 30.0. The van der Waals surface area contributed by atoms with E-state index >= 15 is 0 Å². The van der Waals surface area contributed by atoms with Gasteiger partial charge in [0.1, 0.15) is 0 Å². The fourth-order valence-corrected chi connectivity index (χ4v) is 21.4. The summed E-state index contributed by atoms with van der Waals surface area (Å²) >= 11 is 3.91. The van der Waals surface area contributed by atoms with Gasteiger partial charge in [0.05, 0.1) is 11.4 Å². The van der Waals surface area contributed by atoms with E-state index in [2.05, 4.69) is 456 Å². The van der Waals surface area contributed by atoms with Crippen LogP contribution < -0.4 is 52.4 Å². The predicted molar refractivity (Wildman–Crippen MR) is 494 cm³/mol. The van der Waals surface area contributed by atoms with Crippen LogP contribution in [0, 0.1) is 0 Å². The van der Waals surface area contributed by atoms with E-state index in [1.54, 1.807) is 0 Å². The van der Waals surface area contributed by atoms with Gasteiger partial charge in [-0.25, -0.2) is 0 Å². The van der Waals surface area contributed by atoms with Crippen molar-refractivity contribution in [3.05, 3.63) is 437 Å². The minimum atomic E-state index is -0.267. The van der Waals surface area contributed by atoms with Gasteiger partial charge in [-0.05, 0) is 157 Å². The third-order valence-corrected chi connectivity index (χ3v) is 25.9. The van der Waals surface area contributed by atoms with Crippen LogP contribution in [0.3, 0.4) is 0 Å². The monoisotopic (exact) mass is 1510 g/mol. The van der Waals surface area contributed by atoms with Crippen molar-refractivity contribution in [3.8, 4) is 77.9 Å². The molecule has 0 bridgehead atoms. The maximum Gasteiger partial charge on any atom is 0.249 e. The molecule has 542 valence electrons. The fourth-order valence-electron chi connectivity index (χ4n) is 18.6. The van der Waals surface area contributed by atoms with Crippen molar-refractivity contribution in [2.24, 2.45) is 0 Å². The maximum atomic E-state index is 2.72. The van der Waals surface area contributed by atoms with Crippen LogP contribution in [0.15, 0.2) is 456 Å². The third-order valence-electron chi connectivity index (χ3n) is 23.5. The SMILES string of the molecule is c1ccc(-c2cccc(-c3ccccc3)c2-c2c3c(cc4c2Sc2cc(N(c5ccccc5)c5ccccc5)cc5c2B4c2ccccc2N5c2c(-c4ccccc4)cccc2-c2ccccc2)B2c4ccccc4N(c4c(-c5ccccc5)cccc4-c4ccccc4)c4cc(N(c5ccccc5)c5ccccc5)cc(c42)S3)cc1. The zero-order valence-electron chi connectivity index (χ0n) is 63.3. The first-order valence-corrected chi connectivity index (χ1v) is 41.5. The molecule has 0 spiro atoms. The number of hydrogen-bond donors (Lipinski definition) is 0. The van der Waals surface area contributed by atoms with Crippen molar-refractivity contribution in [1.29, 1.82) is 0 Å². The third kappa shape index (κ3) is 11.7. The van der Waals surface area contributed by atoms with Gasteiger partial charge >= 0.3 is 0 Å². The number of fused-ring (bicyclic) bond motifs is 8. The van der Waals surface area contributed by atoms with Gasteiger partial charge in [0.15, 0.2) is 0 Å². The lowest BCUT2D eigenvalue weighted by atomic mass is 9.31. The Hall–Kier alpha value is -14.0. The molecular weight excluding hydrogens is 1440 g/mol. The van der Waals surface area contributed by atoms with Crippen LogP contribution in [-0.2, 0) is 0 Å². The summed E-state index contributed by atoms with van der Waals surface area (Å²) in [6.45, 7) is -0.534. The average molecular weight is 1510 g/mol. The molecule has 4 aliphatic rings. The molecule has 0 N–H and O–H groups in total. The van der Waals surface area contributed by atoms with Gasteiger partial charge in [0, 0.05) is 104 Å². The molecule has 0 saturated carbocycles. The van der Waals surface area contributed by atoms with Gasteiger partial charge in [-0.1, -0.05) is 386 Å². The summed E-state index contributed by atoms with van der Waals surface area (Å²) in [4.78, 5) is 15.1. The number of anilines is 12. The first kappa shape index (κ1) is 68.8. The Balaban J connectivity index is 0.890. The summed E-state index contributed by atoms with van der Waals surface area (Å²) < 4.78 is 0. The molecule has 0 aromatic heterocycles. The molecule has 4 nitrogen and oxygen atoms in total. The second-order valence-corrected chi connectivity index (χ2v) is 32.1. The van der Waals surface area contributed by atoms with Crippen LogP contribution in [0.25, 0.3) is 77.9 Å². The van der Waals surface area contributed by atoms with Crippen molar-refractivity contribution in [2.75, 3.05) is 19.6 Å².